The average Bonchev–Trinajstić information content (AvgIpc) is 3.14. The van der Waals surface area contributed by atoms with Crippen LogP contribution >= 0.6 is 22.9 Å². The summed E-state index contributed by atoms with van der Waals surface area (Å²) in [4.78, 5) is 15.1. The maximum absolute atomic E-state index is 11.4. The molecule has 0 aliphatic heterocycles. The first-order chi connectivity index (χ1) is 9.65. The zero-order valence-electron chi connectivity index (χ0n) is 11.3. The van der Waals surface area contributed by atoms with Crippen molar-refractivity contribution in [2.75, 3.05) is 4.90 Å². The van der Waals surface area contributed by atoms with Gasteiger partial charge in [0, 0.05) is 16.5 Å². The molecular formula is C16H16ClNOS. The molecular weight excluding hydrogens is 290 g/mol. The molecule has 2 aromatic rings. The van der Waals surface area contributed by atoms with Gasteiger partial charge >= 0.3 is 0 Å². The molecule has 1 heterocycles. The molecule has 1 aliphatic carbocycles. The quantitative estimate of drug-likeness (QED) is 0.741. The van der Waals surface area contributed by atoms with Gasteiger partial charge in [-0.2, -0.15) is 0 Å². The number of carbonyl (C=O) groups excluding carboxylic acids is 1. The third kappa shape index (κ3) is 2.89. The van der Waals surface area contributed by atoms with E-state index in [1.54, 1.807) is 24.3 Å². The Bertz CT molecular complexity index is 619. The Morgan fingerprint density at radius 2 is 2.20 bits per heavy atom. The highest BCUT2D eigenvalue weighted by atomic mass is 35.5. The first-order valence-corrected chi connectivity index (χ1v) is 8.00. The van der Waals surface area contributed by atoms with Crippen molar-refractivity contribution < 1.29 is 4.79 Å². The van der Waals surface area contributed by atoms with Gasteiger partial charge in [-0.1, -0.05) is 17.7 Å². The lowest BCUT2D eigenvalue weighted by Crippen LogP contribution is -2.24. The molecule has 0 N–H and O–H groups in total. The molecule has 0 radical (unpaired) electrons. The number of halogens is 1. The predicted octanol–water partition coefficient (Wildman–Crippen LogP) is 4.77. The Kier molecular flexibility index (Phi) is 3.81. The summed E-state index contributed by atoms with van der Waals surface area (Å²) in [5.74, 6) is 0.0506. The minimum atomic E-state index is 0.0506. The molecule has 1 aliphatic rings. The van der Waals surface area contributed by atoms with Crippen molar-refractivity contribution in [3.63, 3.8) is 0 Å². The van der Waals surface area contributed by atoms with E-state index in [1.165, 1.54) is 17.7 Å². The minimum Gasteiger partial charge on any atom is -0.362 e. The molecule has 0 atom stereocenters. The summed E-state index contributed by atoms with van der Waals surface area (Å²) in [6.07, 6.45) is 2.44. The van der Waals surface area contributed by atoms with E-state index in [-0.39, 0.29) is 5.78 Å². The van der Waals surface area contributed by atoms with Crippen LogP contribution < -0.4 is 4.90 Å². The van der Waals surface area contributed by atoms with Crippen LogP contribution in [0.1, 0.15) is 35.0 Å². The van der Waals surface area contributed by atoms with Crippen LogP contribution in [-0.2, 0) is 6.54 Å². The fraction of sp³-hybridized carbons (Fsp3) is 0.312. The van der Waals surface area contributed by atoms with Gasteiger partial charge in [-0.3, -0.25) is 4.79 Å². The molecule has 1 aromatic heterocycles. The van der Waals surface area contributed by atoms with E-state index in [4.69, 9.17) is 11.6 Å². The van der Waals surface area contributed by atoms with Gasteiger partial charge in [0.1, 0.15) is 0 Å². The van der Waals surface area contributed by atoms with E-state index in [0.717, 1.165) is 12.2 Å². The Hall–Kier alpha value is -1.32. The maximum Gasteiger partial charge on any atom is 0.159 e. The van der Waals surface area contributed by atoms with E-state index in [9.17, 15) is 4.79 Å². The summed E-state index contributed by atoms with van der Waals surface area (Å²) >= 11 is 8.16. The second-order valence-corrected chi connectivity index (χ2v) is 6.60. The predicted molar refractivity (Wildman–Crippen MR) is 85.0 cm³/mol. The number of Topliss-reactive ketones (excluding diaryl/α,β-unsaturated/α-hetero) is 1. The van der Waals surface area contributed by atoms with Crippen molar-refractivity contribution in [3.05, 3.63) is 51.2 Å². The monoisotopic (exact) mass is 305 g/mol. The topological polar surface area (TPSA) is 20.3 Å². The van der Waals surface area contributed by atoms with Crippen LogP contribution in [0.25, 0.3) is 0 Å². The van der Waals surface area contributed by atoms with Crippen molar-refractivity contribution in [2.24, 2.45) is 0 Å². The van der Waals surface area contributed by atoms with Gasteiger partial charge in [0.05, 0.1) is 17.3 Å². The molecule has 1 aromatic carbocycles. The number of hydrogen-bond acceptors (Lipinski definition) is 3. The van der Waals surface area contributed by atoms with Gasteiger partial charge in [-0.15, -0.1) is 11.3 Å². The zero-order chi connectivity index (χ0) is 14.1. The van der Waals surface area contributed by atoms with Gasteiger partial charge in [0.25, 0.3) is 0 Å². The van der Waals surface area contributed by atoms with Gasteiger partial charge in [-0.05, 0) is 49.4 Å². The van der Waals surface area contributed by atoms with E-state index in [1.807, 2.05) is 12.1 Å². The summed E-state index contributed by atoms with van der Waals surface area (Å²) in [5.41, 5.74) is 1.71. The molecule has 0 unspecified atom stereocenters. The number of carbonyl (C=O) groups is 1. The van der Waals surface area contributed by atoms with Crippen molar-refractivity contribution >= 4 is 34.4 Å². The first kappa shape index (κ1) is 13.7. The maximum atomic E-state index is 11.4. The Labute approximate surface area is 128 Å². The van der Waals surface area contributed by atoms with Gasteiger partial charge in [0.2, 0.25) is 0 Å². The van der Waals surface area contributed by atoms with Crippen LogP contribution in [0.3, 0.4) is 0 Å². The highest BCUT2D eigenvalue weighted by Gasteiger charge is 2.30. The SMILES string of the molecule is CC(=O)c1ccc(N(Cc2cccs2)C2CC2)c(Cl)c1. The second-order valence-electron chi connectivity index (χ2n) is 5.16. The molecule has 3 rings (SSSR count). The molecule has 20 heavy (non-hydrogen) atoms. The summed E-state index contributed by atoms with van der Waals surface area (Å²) in [6, 6.07) is 10.4. The van der Waals surface area contributed by atoms with Crippen molar-refractivity contribution in [2.45, 2.75) is 32.4 Å². The van der Waals surface area contributed by atoms with Crippen LogP contribution in [0.2, 0.25) is 5.02 Å². The van der Waals surface area contributed by atoms with Crippen LogP contribution in [0.5, 0.6) is 0 Å². The van der Waals surface area contributed by atoms with E-state index >= 15 is 0 Å². The van der Waals surface area contributed by atoms with E-state index in [0.29, 0.717) is 16.6 Å². The van der Waals surface area contributed by atoms with Crippen molar-refractivity contribution in [1.29, 1.82) is 0 Å². The molecule has 0 bridgehead atoms. The number of hydrogen-bond donors (Lipinski definition) is 0. The van der Waals surface area contributed by atoms with Gasteiger partial charge in [-0.25, -0.2) is 0 Å². The fourth-order valence-corrected chi connectivity index (χ4v) is 3.32. The first-order valence-electron chi connectivity index (χ1n) is 6.74. The summed E-state index contributed by atoms with van der Waals surface area (Å²) in [5, 5.41) is 2.77. The lowest BCUT2D eigenvalue weighted by atomic mass is 10.1. The number of rotatable bonds is 5. The summed E-state index contributed by atoms with van der Waals surface area (Å²) < 4.78 is 0. The lowest BCUT2D eigenvalue weighted by Gasteiger charge is -2.25. The van der Waals surface area contributed by atoms with Crippen LogP contribution in [0.15, 0.2) is 35.7 Å². The summed E-state index contributed by atoms with van der Waals surface area (Å²) in [7, 11) is 0. The molecule has 0 spiro atoms. The number of ketones is 1. The third-order valence-corrected chi connectivity index (χ3v) is 4.72. The average molecular weight is 306 g/mol. The molecule has 0 saturated heterocycles. The van der Waals surface area contributed by atoms with E-state index < -0.39 is 0 Å². The lowest BCUT2D eigenvalue weighted by molar-refractivity contribution is 0.101. The molecule has 4 heteroatoms. The second kappa shape index (κ2) is 5.58. The Morgan fingerprint density at radius 1 is 1.40 bits per heavy atom. The minimum absolute atomic E-state index is 0.0506. The standard InChI is InChI=1S/C16H16ClNOS/c1-11(19)12-4-7-16(15(17)9-12)18(13-5-6-13)10-14-3-2-8-20-14/h2-4,7-9,13H,5-6,10H2,1H3. The number of anilines is 1. The number of nitrogens with zero attached hydrogens (tertiary/aromatic N) is 1. The Balaban J connectivity index is 1.89. The van der Waals surface area contributed by atoms with Crippen molar-refractivity contribution in [1.82, 2.24) is 0 Å². The van der Waals surface area contributed by atoms with Gasteiger partial charge in [0.15, 0.2) is 5.78 Å². The molecule has 0 amide bonds. The van der Waals surface area contributed by atoms with Crippen LogP contribution in [0.4, 0.5) is 5.69 Å². The summed E-state index contributed by atoms with van der Waals surface area (Å²) in [6.45, 7) is 2.46. The van der Waals surface area contributed by atoms with Gasteiger partial charge < -0.3 is 4.90 Å². The van der Waals surface area contributed by atoms with Crippen LogP contribution in [-0.4, -0.2) is 11.8 Å². The fourth-order valence-electron chi connectivity index (χ4n) is 2.33. The molecule has 1 saturated carbocycles. The highest BCUT2D eigenvalue weighted by molar-refractivity contribution is 7.09. The number of benzene rings is 1. The molecule has 104 valence electrons. The normalized spacial score (nSPS) is 14.3. The zero-order valence-corrected chi connectivity index (χ0v) is 12.9. The number of thiophene rings is 1. The van der Waals surface area contributed by atoms with E-state index in [2.05, 4.69) is 22.4 Å². The molecule has 1 fully saturated rings. The van der Waals surface area contributed by atoms with Crippen molar-refractivity contribution in [3.8, 4) is 0 Å². The Morgan fingerprint density at radius 3 is 2.75 bits per heavy atom. The smallest absolute Gasteiger partial charge is 0.159 e. The molecule has 2 nitrogen and oxygen atoms in total. The van der Waals surface area contributed by atoms with Crippen LogP contribution in [0, 0.1) is 0 Å². The highest BCUT2D eigenvalue weighted by Crippen LogP contribution is 2.37. The third-order valence-electron chi connectivity index (χ3n) is 3.56. The largest absolute Gasteiger partial charge is 0.362 e.